The number of ether oxygens (including phenoxy) is 3. The zero-order valence-electron chi connectivity index (χ0n) is 14.0. The summed E-state index contributed by atoms with van der Waals surface area (Å²) < 4.78 is 17.1. The van der Waals surface area contributed by atoms with E-state index in [2.05, 4.69) is 24.3 Å². The van der Waals surface area contributed by atoms with Gasteiger partial charge in [0.2, 0.25) is 0 Å². The Morgan fingerprint density at radius 2 is 1.64 bits per heavy atom. The topological polar surface area (TPSA) is 27.7 Å². The highest BCUT2D eigenvalue weighted by Gasteiger charge is 2.26. The third-order valence-corrected chi connectivity index (χ3v) is 4.67. The maximum Gasteiger partial charge on any atom is 0.157 e. The minimum absolute atomic E-state index is 0.118. The Morgan fingerprint density at radius 3 is 2.32 bits per heavy atom. The molecule has 0 N–H and O–H groups in total. The second-order valence-electron chi connectivity index (χ2n) is 6.22. The highest BCUT2D eigenvalue weighted by molar-refractivity contribution is 5.13. The standard InChI is InChI=1S/C19H30O3/c1-20-19(21-2)14-17-12-8-3-4-9-13-18(17)22-15-16-10-6-5-7-11-16/h5-7,10-11,17-19H,3-4,8-9,12-15H2,1-2H3/t17-,18+/m1/s1. The van der Waals surface area contributed by atoms with Gasteiger partial charge in [-0.25, -0.2) is 0 Å². The Bertz CT molecular complexity index is 389. The van der Waals surface area contributed by atoms with Crippen LogP contribution in [0.2, 0.25) is 0 Å². The van der Waals surface area contributed by atoms with E-state index in [4.69, 9.17) is 14.2 Å². The van der Waals surface area contributed by atoms with E-state index in [-0.39, 0.29) is 6.29 Å². The summed E-state index contributed by atoms with van der Waals surface area (Å²) in [4.78, 5) is 0. The van der Waals surface area contributed by atoms with Crippen LogP contribution in [-0.2, 0) is 20.8 Å². The molecule has 0 aliphatic heterocycles. The molecule has 1 aromatic carbocycles. The minimum atomic E-state index is -0.118. The summed E-state index contributed by atoms with van der Waals surface area (Å²) in [6, 6.07) is 10.4. The van der Waals surface area contributed by atoms with E-state index in [0.29, 0.717) is 18.6 Å². The van der Waals surface area contributed by atoms with E-state index in [1.165, 1.54) is 37.7 Å². The summed E-state index contributed by atoms with van der Waals surface area (Å²) in [5.74, 6) is 0.522. The van der Waals surface area contributed by atoms with Gasteiger partial charge in [-0.05, 0) is 24.3 Å². The zero-order valence-corrected chi connectivity index (χ0v) is 14.0. The van der Waals surface area contributed by atoms with Gasteiger partial charge in [0.15, 0.2) is 6.29 Å². The van der Waals surface area contributed by atoms with E-state index in [9.17, 15) is 0 Å². The average Bonchev–Trinajstić information content (AvgIpc) is 2.54. The lowest BCUT2D eigenvalue weighted by atomic mass is 9.86. The van der Waals surface area contributed by atoms with E-state index in [0.717, 1.165) is 12.8 Å². The van der Waals surface area contributed by atoms with Crippen LogP contribution in [0.25, 0.3) is 0 Å². The average molecular weight is 306 g/mol. The van der Waals surface area contributed by atoms with Gasteiger partial charge in [-0.2, -0.15) is 0 Å². The van der Waals surface area contributed by atoms with Crippen molar-refractivity contribution in [3.63, 3.8) is 0 Å². The fourth-order valence-corrected chi connectivity index (χ4v) is 3.33. The smallest absolute Gasteiger partial charge is 0.157 e. The second kappa shape index (κ2) is 9.98. The molecule has 2 atom stereocenters. The Kier molecular flexibility index (Phi) is 7.92. The lowest BCUT2D eigenvalue weighted by molar-refractivity contribution is -0.129. The Hall–Kier alpha value is -0.900. The molecule has 1 fully saturated rings. The molecule has 0 saturated heterocycles. The van der Waals surface area contributed by atoms with Gasteiger partial charge in [-0.15, -0.1) is 0 Å². The molecule has 0 amide bonds. The first-order chi connectivity index (χ1) is 10.8. The van der Waals surface area contributed by atoms with Crippen LogP contribution in [0, 0.1) is 5.92 Å². The van der Waals surface area contributed by atoms with Crippen LogP contribution in [0.5, 0.6) is 0 Å². The first-order valence-electron chi connectivity index (χ1n) is 8.54. The number of benzene rings is 1. The van der Waals surface area contributed by atoms with Crippen molar-refractivity contribution in [2.24, 2.45) is 5.92 Å². The first-order valence-corrected chi connectivity index (χ1v) is 8.54. The van der Waals surface area contributed by atoms with E-state index in [1.54, 1.807) is 14.2 Å². The van der Waals surface area contributed by atoms with Crippen molar-refractivity contribution in [1.29, 1.82) is 0 Å². The summed E-state index contributed by atoms with van der Waals surface area (Å²) in [5.41, 5.74) is 1.25. The fraction of sp³-hybridized carbons (Fsp3) is 0.684. The van der Waals surface area contributed by atoms with Gasteiger partial charge in [-0.1, -0.05) is 56.0 Å². The summed E-state index contributed by atoms with van der Waals surface area (Å²) in [6.07, 6.45) is 8.70. The lowest BCUT2D eigenvalue weighted by Gasteiger charge is -2.31. The SMILES string of the molecule is COC(C[C@H]1CCCCCC[C@@H]1OCc1ccccc1)OC. The molecule has 1 aromatic rings. The predicted molar refractivity (Wildman–Crippen MR) is 88.6 cm³/mol. The molecule has 1 aliphatic carbocycles. The number of rotatable bonds is 7. The molecule has 1 aliphatic rings. The van der Waals surface area contributed by atoms with Crippen LogP contribution < -0.4 is 0 Å². The zero-order chi connectivity index (χ0) is 15.6. The van der Waals surface area contributed by atoms with Gasteiger partial charge >= 0.3 is 0 Å². The molecule has 3 nitrogen and oxygen atoms in total. The van der Waals surface area contributed by atoms with Crippen molar-refractivity contribution in [3.05, 3.63) is 35.9 Å². The molecule has 0 spiro atoms. The monoisotopic (exact) mass is 306 g/mol. The van der Waals surface area contributed by atoms with Crippen molar-refractivity contribution in [3.8, 4) is 0 Å². The third-order valence-electron chi connectivity index (χ3n) is 4.67. The summed E-state index contributed by atoms with van der Waals surface area (Å²) in [7, 11) is 3.44. The molecule has 0 aromatic heterocycles. The highest BCUT2D eigenvalue weighted by atomic mass is 16.7. The number of hydrogen-bond donors (Lipinski definition) is 0. The molecule has 0 heterocycles. The van der Waals surface area contributed by atoms with Gasteiger partial charge in [0.05, 0.1) is 12.7 Å². The van der Waals surface area contributed by atoms with Crippen molar-refractivity contribution >= 4 is 0 Å². The third kappa shape index (κ3) is 5.71. The van der Waals surface area contributed by atoms with Crippen LogP contribution in [0.3, 0.4) is 0 Å². The molecular weight excluding hydrogens is 276 g/mol. The van der Waals surface area contributed by atoms with Crippen LogP contribution in [0.4, 0.5) is 0 Å². The van der Waals surface area contributed by atoms with Crippen LogP contribution in [-0.4, -0.2) is 26.6 Å². The van der Waals surface area contributed by atoms with Crippen LogP contribution >= 0.6 is 0 Å². The minimum Gasteiger partial charge on any atom is -0.373 e. The van der Waals surface area contributed by atoms with Gasteiger partial charge in [-0.3, -0.25) is 0 Å². The second-order valence-corrected chi connectivity index (χ2v) is 6.22. The van der Waals surface area contributed by atoms with Gasteiger partial charge in [0, 0.05) is 20.6 Å². The number of hydrogen-bond acceptors (Lipinski definition) is 3. The lowest BCUT2D eigenvalue weighted by Crippen LogP contribution is -2.30. The van der Waals surface area contributed by atoms with Crippen molar-refractivity contribution in [2.75, 3.05) is 14.2 Å². The molecule has 1 saturated carbocycles. The Morgan fingerprint density at radius 1 is 0.955 bits per heavy atom. The van der Waals surface area contributed by atoms with E-state index < -0.39 is 0 Å². The van der Waals surface area contributed by atoms with E-state index in [1.807, 2.05) is 6.07 Å². The molecule has 3 heteroatoms. The van der Waals surface area contributed by atoms with Gasteiger partial charge in [0.1, 0.15) is 0 Å². The highest BCUT2D eigenvalue weighted by Crippen LogP contribution is 2.30. The largest absolute Gasteiger partial charge is 0.373 e. The van der Waals surface area contributed by atoms with Crippen LogP contribution in [0.15, 0.2) is 30.3 Å². The molecule has 0 unspecified atom stereocenters. The number of methoxy groups -OCH3 is 2. The normalized spacial score (nSPS) is 23.2. The maximum absolute atomic E-state index is 6.30. The molecule has 124 valence electrons. The van der Waals surface area contributed by atoms with Gasteiger partial charge in [0.25, 0.3) is 0 Å². The Labute approximate surface area is 135 Å². The summed E-state index contributed by atoms with van der Waals surface area (Å²) in [5, 5.41) is 0. The summed E-state index contributed by atoms with van der Waals surface area (Å²) >= 11 is 0. The molecule has 0 bridgehead atoms. The van der Waals surface area contributed by atoms with Crippen molar-refractivity contribution in [2.45, 2.75) is 63.9 Å². The predicted octanol–water partition coefficient (Wildman–Crippen LogP) is 4.55. The molecule has 22 heavy (non-hydrogen) atoms. The fourth-order valence-electron chi connectivity index (χ4n) is 3.33. The van der Waals surface area contributed by atoms with Crippen molar-refractivity contribution in [1.82, 2.24) is 0 Å². The van der Waals surface area contributed by atoms with Crippen molar-refractivity contribution < 1.29 is 14.2 Å². The Balaban J connectivity index is 1.94. The molecular formula is C19H30O3. The first kappa shape index (κ1) is 17.5. The van der Waals surface area contributed by atoms with Gasteiger partial charge < -0.3 is 14.2 Å². The maximum atomic E-state index is 6.30. The van der Waals surface area contributed by atoms with E-state index >= 15 is 0 Å². The molecule has 0 radical (unpaired) electrons. The summed E-state index contributed by atoms with van der Waals surface area (Å²) in [6.45, 7) is 0.701. The quantitative estimate of drug-likeness (QED) is 0.692. The molecule has 2 rings (SSSR count). The van der Waals surface area contributed by atoms with Crippen LogP contribution in [0.1, 0.15) is 50.5 Å².